The lowest BCUT2D eigenvalue weighted by Crippen LogP contribution is -2.20. The number of nitrogens with one attached hydrogen (secondary N) is 1. The van der Waals surface area contributed by atoms with Crippen LogP contribution in [0.5, 0.6) is 0 Å². The molecule has 1 aromatic rings. The smallest absolute Gasteiger partial charge is 0.101 e. The van der Waals surface area contributed by atoms with Crippen LogP contribution in [0.3, 0.4) is 0 Å². The van der Waals surface area contributed by atoms with E-state index in [4.69, 9.17) is 10.4 Å². The predicted molar refractivity (Wildman–Crippen MR) is 68.3 cm³/mol. The van der Waals surface area contributed by atoms with Gasteiger partial charge in [-0.3, -0.25) is 0 Å². The van der Waals surface area contributed by atoms with Crippen LogP contribution < -0.4 is 5.32 Å². The van der Waals surface area contributed by atoms with Crippen molar-refractivity contribution in [3.8, 4) is 6.07 Å². The number of rotatable bonds is 5. The molecule has 4 heteroatoms. The Morgan fingerprint density at radius 3 is 2.88 bits per heavy atom. The Kier molecular flexibility index (Phi) is 5.30. The molecule has 0 spiro atoms. The first-order valence-corrected chi connectivity index (χ1v) is 6.07. The topological polar surface area (TPSA) is 56.0 Å². The Labute approximate surface area is 104 Å². The van der Waals surface area contributed by atoms with E-state index in [1.54, 1.807) is 6.07 Å². The Hall–Kier alpha value is -1.05. The molecule has 1 atom stereocenters. The van der Waals surface area contributed by atoms with Crippen molar-refractivity contribution in [2.24, 2.45) is 0 Å². The molecular formula is C12H15BrN2O. The lowest BCUT2D eigenvalue weighted by Gasteiger charge is -2.18. The summed E-state index contributed by atoms with van der Waals surface area (Å²) in [6.45, 7) is 2.21. The third-order valence-electron chi connectivity index (χ3n) is 2.43. The molecule has 3 nitrogen and oxygen atoms in total. The summed E-state index contributed by atoms with van der Waals surface area (Å²) in [6, 6.07) is 7.86. The van der Waals surface area contributed by atoms with Crippen molar-refractivity contribution in [3.05, 3.63) is 28.2 Å². The lowest BCUT2D eigenvalue weighted by atomic mass is 10.1. The van der Waals surface area contributed by atoms with Crippen molar-refractivity contribution in [2.75, 3.05) is 11.9 Å². The molecule has 0 aliphatic rings. The van der Waals surface area contributed by atoms with Crippen LogP contribution in [-0.2, 0) is 0 Å². The minimum Gasteiger partial charge on any atom is -0.396 e. The van der Waals surface area contributed by atoms with E-state index in [0.717, 1.165) is 16.6 Å². The third kappa shape index (κ3) is 3.51. The van der Waals surface area contributed by atoms with Crippen LogP contribution in [0.4, 0.5) is 5.69 Å². The molecule has 0 fully saturated rings. The van der Waals surface area contributed by atoms with Gasteiger partial charge in [-0.1, -0.05) is 22.9 Å². The maximum absolute atomic E-state index is 8.97. The van der Waals surface area contributed by atoms with Crippen molar-refractivity contribution < 1.29 is 5.11 Å². The molecule has 0 heterocycles. The second-order valence-corrected chi connectivity index (χ2v) is 4.48. The molecule has 2 N–H and O–H groups in total. The normalized spacial score (nSPS) is 11.9. The van der Waals surface area contributed by atoms with E-state index < -0.39 is 0 Å². The first-order valence-electron chi connectivity index (χ1n) is 5.28. The number of aliphatic hydroxyl groups excluding tert-OH is 1. The van der Waals surface area contributed by atoms with Gasteiger partial charge in [0, 0.05) is 17.1 Å². The maximum atomic E-state index is 8.97. The van der Waals surface area contributed by atoms with Crippen molar-refractivity contribution in [1.82, 2.24) is 0 Å². The zero-order valence-electron chi connectivity index (χ0n) is 9.20. The van der Waals surface area contributed by atoms with E-state index in [9.17, 15) is 0 Å². The molecule has 0 bridgehead atoms. The SMILES string of the molecule is CCC(CCO)Nc1cc(Br)ccc1C#N. The van der Waals surface area contributed by atoms with Crippen LogP contribution in [0.15, 0.2) is 22.7 Å². The number of hydrogen-bond acceptors (Lipinski definition) is 3. The molecule has 1 rings (SSSR count). The van der Waals surface area contributed by atoms with Crippen LogP contribution in [0.1, 0.15) is 25.3 Å². The van der Waals surface area contributed by atoms with Gasteiger partial charge in [0.2, 0.25) is 0 Å². The molecule has 16 heavy (non-hydrogen) atoms. The maximum Gasteiger partial charge on any atom is 0.101 e. The number of halogens is 1. The molecule has 0 saturated carbocycles. The van der Waals surface area contributed by atoms with Crippen LogP contribution in [0.25, 0.3) is 0 Å². The van der Waals surface area contributed by atoms with Crippen molar-refractivity contribution in [3.63, 3.8) is 0 Å². The number of nitrogens with zero attached hydrogens (tertiary/aromatic N) is 1. The molecule has 1 aromatic carbocycles. The monoisotopic (exact) mass is 282 g/mol. The first-order chi connectivity index (χ1) is 7.71. The van der Waals surface area contributed by atoms with E-state index >= 15 is 0 Å². The number of hydrogen-bond donors (Lipinski definition) is 2. The van der Waals surface area contributed by atoms with Gasteiger partial charge < -0.3 is 10.4 Å². The van der Waals surface area contributed by atoms with Gasteiger partial charge in [-0.05, 0) is 31.0 Å². The molecule has 0 saturated heterocycles. The second kappa shape index (κ2) is 6.51. The first kappa shape index (κ1) is 13.0. The van der Waals surface area contributed by atoms with Crippen molar-refractivity contribution in [1.29, 1.82) is 5.26 Å². The zero-order valence-corrected chi connectivity index (χ0v) is 10.8. The summed E-state index contributed by atoms with van der Waals surface area (Å²) in [7, 11) is 0. The molecule has 86 valence electrons. The summed E-state index contributed by atoms with van der Waals surface area (Å²) in [5.41, 5.74) is 1.44. The Balaban J connectivity index is 2.86. The van der Waals surface area contributed by atoms with E-state index in [-0.39, 0.29) is 12.6 Å². The molecule has 0 aliphatic carbocycles. The van der Waals surface area contributed by atoms with Gasteiger partial charge in [-0.25, -0.2) is 0 Å². The van der Waals surface area contributed by atoms with Crippen LogP contribution >= 0.6 is 15.9 Å². The summed E-state index contributed by atoms with van der Waals surface area (Å²) in [5, 5.41) is 21.2. The fraction of sp³-hybridized carbons (Fsp3) is 0.417. The molecule has 0 radical (unpaired) electrons. The third-order valence-corrected chi connectivity index (χ3v) is 2.93. The Morgan fingerprint density at radius 1 is 1.56 bits per heavy atom. The highest BCUT2D eigenvalue weighted by Gasteiger charge is 2.08. The van der Waals surface area contributed by atoms with E-state index in [1.807, 2.05) is 12.1 Å². The minimum atomic E-state index is 0.154. The summed E-state index contributed by atoms with van der Waals surface area (Å²) in [5.74, 6) is 0. The number of aliphatic hydroxyl groups is 1. The highest BCUT2D eigenvalue weighted by atomic mass is 79.9. The lowest BCUT2D eigenvalue weighted by molar-refractivity contribution is 0.278. The molecule has 0 aromatic heterocycles. The minimum absolute atomic E-state index is 0.154. The molecule has 1 unspecified atom stereocenters. The quantitative estimate of drug-likeness (QED) is 0.873. The highest BCUT2D eigenvalue weighted by molar-refractivity contribution is 9.10. The zero-order chi connectivity index (χ0) is 12.0. The van der Waals surface area contributed by atoms with E-state index in [0.29, 0.717) is 12.0 Å². The largest absolute Gasteiger partial charge is 0.396 e. The van der Waals surface area contributed by atoms with Gasteiger partial charge in [-0.15, -0.1) is 0 Å². The van der Waals surface area contributed by atoms with Crippen LogP contribution in [0, 0.1) is 11.3 Å². The average Bonchev–Trinajstić information content (AvgIpc) is 2.29. The number of anilines is 1. The van der Waals surface area contributed by atoms with Gasteiger partial charge >= 0.3 is 0 Å². The second-order valence-electron chi connectivity index (χ2n) is 3.56. The fourth-order valence-corrected chi connectivity index (χ4v) is 1.85. The van der Waals surface area contributed by atoms with Crippen molar-refractivity contribution in [2.45, 2.75) is 25.8 Å². The molecular weight excluding hydrogens is 268 g/mol. The Bertz CT molecular complexity index is 387. The molecule has 0 amide bonds. The summed E-state index contributed by atoms with van der Waals surface area (Å²) in [4.78, 5) is 0. The van der Waals surface area contributed by atoms with Gasteiger partial charge in [0.1, 0.15) is 6.07 Å². The van der Waals surface area contributed by atoms with Crippen LogP contribution in [-0.4, -0.2) is 17.8 Å². The van der Waals surface area contributed by atoms with E-state index in [2.05, 4.69) is 34.2 Å². The summed E-state index contributed by atoms with van der Waals surface area (Å²) in [6.07, 6.45) is 1.60. The average molecular weight is 283 g/mol. The highest BCUT2D eigenvalue weighted by Crippen LogP contribution is 2.22. The Morgan fingerprint density at radius 2 is 2.31 bits per heavy atom. The van der Waals surface area contributed by atoms with E-state index in [1.165, 1.54) is 0 Å². The van der Waals surface area contributed by atoms with Gasteiger partial charge in [-0.2, -0.15) is 5.26 Å². The van der Waals surface area contributed by atoms with Gasteiger partial charge in [0.15, 0.2) is 0 Å². The molecule has 0 aliphatic heterocycles. The van der Waals surface area contributed by atoms with Gasteiger partial charge in [0.05, 0.1) is 11.3 Å². The summed E-state index contributed by atoms with van der Waals surface area (Å²) < 4.78 is 0.938. The number of nitriles is 1. The fourth-order valence-electron chi connectivity index (χ4n) is 1.49. The summed E-state index contributed by atoms with van der Waals surface area (Å²) >= 11 is 3.38. The van der Waals surface area contributed by atoms with Crippen LogP contribution in [0.2, 0.25) is 0 Å². The predicted octanol–water partition coefficient (Wildman–Crippen LogP) is 2.89. The standard InChI is InChI=1S/C12H15BrN2O/c1-2-11(5-6-16)15-12-7-10(13)4-3-9(12)8-14/h3-4,7,11,15-16H,2,5-6H2,1H3. The van der Waals surface area contributed by atoms with Gasteiger partial charge in [0.25, 0.3) is 0 Å². The van der Waals surface area contributed by atoms with Crippen molar-refractivity contribution >= 4 is 21.6 Å². The number of benzene rings is 1.